The molecular weight excluding hydrogens is 332 g/mol. The highest BCUT2D eigenvalue weighted by molar-refractivity contribution is 5.86. The molecule has 1 aromatic carbocycles. The zero-order valence-corrected chi connectivity index (χ0v) is 15.0. The van der Waals surface area contributed by atoms with Crippen molar-refractivity contribution in [2.45, 2.75) is 26.3 Å². The molecule has 1 amide bonds. The van der Waals surface area contributed by atoms with Crippen LogP contribution in [0.1, 0.15) is 32.1 Å². The number of pyridine rings is 1. The first kappa shape index (κ1) is 17.7. The van der Waals surface area contributed by atoms with Crippen molar-refractivity contribution in [1.29, 1.82) is 0 Å². The van der Waals surface area contributed by atoms with Crippen LogP contribution in [0.15, 0.2) is 36.7 Å². The summed E-state index contributed by atoms with van der Waals surface area (Å²) in [6.45, 7) is 4.09. The lowest BCUT2D eigenvalue weighted by molar-refractivity contribution is 0.187. The Kier molecular flexibility index (Phi) is 5.06. The normalized spacial score (nSPS) is 12.3. The number of carboxylic acid groups (broad SMARTS) is 1. The number of imidazole rings is 1. The van der Waals surface area contributed by atoms with Crippen LogP contribution in [0.2, 0.25) is 0 Å². The van der Waals surface area contributed by atoms with Gasteiger partial charge in [0.25, 0.3) is 0 Å². The predicted octanol–water partition coefficient (Wildman–Crippen LogP) is 3.99. The molecule has 0 bridgehead atoms. The molecule has 1 unspecified atom stereocenters. The molecule has 0 fully saturated rings. The molecule has 26 heavy (non-hydrogen) atoms. The van der Waals surface area contributed by atoms with Gasteiger partial charge in [0, 0.05) is 24.0 Å². The minimum Gasteiger partial charge on any atom is -0.496 e. The number of nitrogens with zero attached hydrogens (tertiary/aromatic N) is 2. The first-order valence-electron chi connectivity index (χ1n) is 8.45. The smallest absolute Gasteiger partial charge is 0.405 e. The Hall–Kier alpha value is -3.09. The predicted molar refractivity (Wildman–Crippen MR) is 99.2 cm³/mol. The Labute approximate surface area is 151 Å². The van der Waals surface area contributed by atoms with Crippen molar-refractivity contribution in [2.24, 2.45) is 5.92 Å². The molecule has 7 heteroatoms. The second-order valence-corrected chi connectivity index (χ2v) is 6.56. The van der Waals surface area contributed by atoms with E-state index in [0.717, 1.165) is 22.2 Å². The molecule has 0 radical (unpaired) electrons. The Morgan fingerprint density at radius 1 is 1.31 bits per heavy atom. The van der Waals surface area contributed by atoms with E-state index in [4.69, 9.17) is 9.84 Å². The van der Waals surface area contributed by atoms with Crippen molar-refractivity contribution in [3.63, 3.8) is 0 Å². The third-order valence-electron chi connectivity index (χ3n) is 4.15. The molecule has 7 nitrogen and oxygen atoms in total. The third-order valence-corrected chi connectivity index (χ3v) is 4.15. The Balaban J connectivity index is 2.06. The maximum Gasteiger partial charge on any atom is 0.405 e. The van der Waals surface area contributed by atoms with Crippen LogP contribution in [0.5, 0.6) is 5.75 Å². The summed E-state index contributed by atoms with van der Waals surface area (Å²) in [5.74, 6) is 1.63. The van der Waals surface area contributed by atoms with E-state index in [-0.39, 0.29) is 0 Å². The number of methoxy groups -OCH3 is 1. The molecule has 0 aliphatic carbocycles. The van der Waals surface area contributed by atoms with Gasteiger partial charge >= 0.3 is 6.09 Å². The fraction of sp³-hybridized carbons (Fsp3) is 0.316. The van der Waals surface area contributed by atoms with E-state index in [0.29, 0.717) is 23.9 Å². The van der Waals surface area contributed by atoms with Crippen molar-refractivity contribution < 1.29 is 14.6 Å². The summed E-state index contributed by atoms with van der Waals surface area (Å²) in [7, 11) is 1.62. The van der Waals surface area contributed by atoms with Gasteiger partial charge in [0.2, 0.25) is 0 Å². The van der Waals surface area contributed by atoms with Crippen molar-refractivity contribution >= 4 is 17.1 Å². The molecule has 136 valence electrons. The van der Waals surface area contributed by atoms with E-state index in [1.54, 1.807) is 19.5 Å². The molecule has 0 saturated heterocycles. The average molecular weight is 354 g/mol. The van der Waals surface area contributed by atoms with E-state index in [2.05, 4.69) is 20.3 Å². The highest BCUT2D eigenvalue weighted by atomic mass is 16.5. The van der Waals surface area contributed by atoms with Crippen LogP contribution in [0.4, 0.5) is 4.79 Å². The number of carbonyl (C=O) groups is 1. The quantitative estimate of drug-likeness (QED) is 0.621. The molecule has 2 aromatic heterocycles. The highest BCUT2D eigenvalue weighted by Gasteiger charge is 2.20. The first-order valence-corrected chi connectivity index (χ1v) is 8.45. The number of hydrogen-bond acceptors (Lipinski definition) is 4. The number of aromatic nitrogens is 3. The van der Waals surface area contributed by atoms with Crippen LogP contribution >= 0.6 is 0 Å². The Morgan fingerprint density at radius 3 is 2.65 bits per heavy atom. The van der Waals surface area contributed by atoms with Crippen LogP contribution in [-0.2, 0) is 0 Å². The second kappa shape index (κ2) is 7.43. The Morgan fingerprint density at radius 2 is 2.04 bits per heavy atom. The van der Waals surface area contributed by atoms with Gasteiger partial charge in [-0.05, 0) is 36.1 Å². The number of benzene rings is 1. The third kappa shape index (κ3) is 3.77. The fourth-order valence-corrected chi connectivity index (χ4v) is 3.01. The summed E-state index contributed by atoms with van der Waals surface area (Å²) in [6.07, 6.45) is 3.05. The molecule has 0 spiro atoms. The zero-order chi connectivity index (χ0) is 18.7. The lowest BCUT2D eigenvalue weighted by Crippen LogP contribution is -2.28. The summed E-state index contributed by atoms with van der Waals surface area (Å²) in [4.78, 5) is 23.0. The van der Waals surface area contributed by atoms with Gasteiger partial charge in [0.05, 0.1) is 24.2 Å². The van der Waals surface area contributed by atoms with Gasteiger partial charge in [0.15, 0.2) is 0 Å². The molecule has 0 saturated carbocycles. The number of aromatic amines is 1. The maximum atomic E-state index is 11.1. The Bertz CT molecular complexity index is 906. The van der Waals surface area contributed by atoms with E-state index >= 15 is 0 Å². The van der Waals surface area contributed by atoms with Gasteiger partial charge in [-0.15, -0.1) is 0 Å². The summed E-state index contributed by atoms with van der Waals surface area (Å²) < 4.78 is 5.52. The summed E-state index contributed by atoms with van der Waals surface area (Å²) in [6, 6.07) is 7.25. The van der Waals surface area contributed by atoms with Crippen molar-refractivity contribution in [1.82, 2.24) is 20.3 Å². The van der Waals surface area contributed by atoms with Crippen LogP contribution in [0, 0.1) is 5.92 Å². The largest absolute Gasteiger partial charge is 0.496 e. The number of amides is 1. The number of fused-ring (bicyclic) bond motifs is 1. The lowest BCUT2D eigenvalue weighted by atomic mass is 10.0. The SMILES string of the molecule is COc1cc2nc(C(CC(C)C)NC(=O)O)[nH]c2cc1-c1ccncc1. The lowest BCUT2D eigenvalue weighted by Gasteiger charge is -2.16. The number of ether oxygens (including phenoxy) is 1. The second-order valence-electron chi connectivity index (χ2n) is 6.56. The van der Waals surface area contributed by atoms with Gasteiger partial charge in [-0.3, -0.25) is 4.98 Å². The first-order chi connectivity index (χ1) is 12.5. The number of hydrogen-bond donors (Lipinski definition) is 3. The minimum absolute atomic E-state index is 0.321. The van der Waals surface area contributed by atoms with Gasteiger partial charge in [-0.2, -0.15) is 0 Å². The number of nitrogens with one attached hydrogen (secondary N) is 2. The number of rotatable bonds is 6. The van der Waals surface area contributed by atoms with Crippen LogP contribution in [0.3, 0.4) is 0 Å². The summed E-state index contributed by atoms with van der Waals surface area (Å²) in [5, 5.41) is 11.7. The summed E-state index contributed by atoms with van der Waals surface area (Å²) in [5.41, 5.74) is 3.46. The molecule has 1 atom stereocenters. The molecule has 3 aromatic rings. The highest BCUT2D eigenvalue weighted by Crippen LogP contribution is 2.34. The van der Waals surface area contributed by atoms with Gasteiger partial charge in [-0.25, -0.2) is 9.78 Å². The molecule has 0 aliphatic rings. The van der Waals surface area contributed by atoms with Crippen LogP contribution in [-0.4, -0.2) is 33.3 Å². The molecular formula is C19H22N4O3. The average Bonchev–Trinajstić information content (AvgIpc) is 3.03. The zero-order valence-electron chi connectivity index (χ0n) is 15.0. The maximum absolute atomic E-state index is 11.1. The number of H-pyrrole nitrogens is 1. The van der Waals surface area contributed by atoms with Crippen LogP contribution in [0.25, 0.3) is 22.2 Å². The van der Waals surface area contributed by atoms with Gasteiger partial charge in [0.1, 0.15) is 11.6 Å². The standard InChI is InChI=1S/C19H22N4O3/c1-11(2)8-16(23-19(24)25)18-21-14-9-13(12-4-6-20-7-5-12)17(26-3)10-15(14)22-18/h4-7,9-11,16,23H,8H2,1-3H3,(H,21,22)(H,24,25). The summed E-state index contributed by atoms with van der Waals surface area (Å²) >= 11 is 0. The monoisotopic (exact) mass is 354 g/mol. The van der Waals surface area contributed by atoms with Crippen LogP contribution < -0.4 is 10.1 Å². The van der Waals surface area contributed by atoms with Gasteiger partial charge in [-0.1, -0.05) is 13.8 Å². The van der Waals surface area contributed by atoms with Crippen molar-refractivity contribution in [3.8, 4) is 16.9 Å². The molecule has 3 N–H and O–H groups in total. The van der Waals surface area contributed by atoms with Crippen molar-refractivity contribution in [2.75, 3.05) is 7.11 Å². The van der Waals surface area contributed by atoms with E-state index in [1.165, 1.54) is 0 Å². The van der Waals surface area contributed by atoms with E-state index in [1.807, 2.05) is 38.1 Å². The molecule has 0 aliphatic heterocycles. The van der Waals surface area contributed by atoms with Gasteiger partial charge < -0.3 is 20.1 Å². The topological polar surface area (TPSA) is 100 Å². The fourth-order valence-electron chi connectivity index (χ4n) is 3.01. The minimum atomic E-state index is -1.06. The van der Waals surface area contributed by atoms with E-state index < -0.39 is 12.1 Å². The van der Waals surface area contributed by atoms with Crippen molar-refractivity contribution in [3.05, 3.63) is 42.5 Å². The van der Waals surface area contributed by atoms with E-state index in [9.17, 15) is 4.79 Å². The molecule has 2 heterocycles. The molecule has 3 rings (SSSR count).